The van der Waals surface area contributed by atoms with Gasteiger partial charge in [-0.3, -0.25) is 10.1 Å². The standard InChI is InChI=1S/C25H28N4O2/c1-19-18-28(16-15-27(19)2)22-13-14-24(29(30)31)23(17-22)26-25(20-9-5-3-6-10-20)21-11-7-4-8-12-21/h3-14,17,19,25-26H,15-16,18H2,1-2H3/t19-/m0/s1. The molecule has 160 valence electrons. The summed E-state index contributed by atoms with van der Waals surface area (Å²) in [6.45, 7) is 4.97. The summed E-state index contributed by atoms with van der Waals surface area (Å²) in [5.74, 6) is 0. The Labute approximate surface area is 183 Å². The van der Waals surface area contributed by atoms with Crippen molar-refractivity contribution in [3.8, 4) is 0 Å². The van der Waals surface area contributed by atoms with Gasteiger partial charge in [-0.1, -0.05) is 60.7 Å². The Balaban J connectivity index is 1.71. The maximum absolute atomic E-state index is 11.8. The lowest BCUT2D eigenvalue weighted by Crippen LogP contribution is -2.50. The fourth-order valence-corrected chi connectivity index (χ4v) is 4.08. The topological polar surface area (TPSA) is 61.6 Å². The van der Waals surface area contributed by atoms with Crippen LogP contribution in [-0.2, 0) is 0 Å². The summed E-state index contributed by atoms with van der Waals surface area (Å²) in [7, 11) is 2.13. The molecule has 0 amide bonds. The number of anilines is 2. The highest BCUT2D eigenvalue weighted by Gasteiger charge is 2.24. The lowest BCUT2D eigenvalue weighted by Gasteiger charge is -2.39. The largest absolute Gasteiger partial charge is 0.369 e. The van der Waals surface area contributed by atoms with E-state index in [2.05, 4.69) is 29.1 Å². The summed E-state index contributed by atoms with van der Waals surface area (Å²) in [6, 6.07) is 25.7. The number of nitrogens with one attached hydrogen (secondary N) is 1. The number of benzene rings is 3. The normalized spacial score (nSPS) is 17.0. The van der Waals surface area contributed by atoms with Gasteiger partial charge in [-0.2, -0.15) is 0 Å². The highest BCUT2D eigenvalue weighted by atomic mass is 16.6. The zero-order valence-electron chi connectivity index (χ0n) is 17.9. The van der Waals surface area contributed by atoms with Gasteiger partial charge in [0.05, 0.1) is 11.0 Å². The van der Waals surface area contributed by atoms with Gasteiger partial charge >= 0.3 is 0 Å². The van der Waals surface area contributed by atoms with Crippen molar-refractivity contribution >= 4 is 17.1 Å². The number of likely N-dealkylation sites (N-methyl/N-ethyl adjacent to an activating group) is 1. The molecule has 1 aliphatic rings. The zero-order chi connectivity index (χ0) is 21.8. The average molecular weight is 417 g/mol. The van der Waals surface area contributed by atoms with Crippen LogP contribution in [0.4, 0.5) is 17.1 Å². The molecule has 0 radical (unpaired) electrons. The van der Waals surface area contributed by atoms with Crippen LogP contribution in [0.3, 0.4) is 0 Å². The summed E-state index contributed by atoms with van der Waals surface area (Å²) in [6.07, 6.45) is 0. The molecule has 6 heteroatoms. The van der Waals surface area contributed by atoms with E-state index in [0.717, 1.165) is 36.4 Å². The Morgan fingerprint density at radius 1 is 0.968 bits per heavy atom. The molecule has 0 unspecified atom stereocenters. The van der Waals surface area contributed by atoms with Crippen LogP contribution >= 0.6 is 0 Å². The van der Waals surface area contributed by atoms with Crippen molar-refractivity contribution in [1.82, 2.24) is 4.90 Å². The van der Waals surface area contributed by atoms with Crippen LogP contribution in [0.5, 0.6) is 0 Å². The fourth-order valence-electron chi connectivity index (χ4n) is 4.08. The molecule has 31 heavy (non-hydrogen) atoms. The van der Waals surface area contributed by atoms with E-state index in [1.54, 1.807) is 6.07 Å². The molecule has 1 fully saturated rings. The molecule has 4 rings (SSSR count). The fraction of sp³-hybridized carbons (Fsp3) is 0.280. The van der Waals surface area contributed by atoms with Crippen LogP contribution in [-0.4, -0.2) is 42.5 Å². The predicted octanol–water partition coefficient (Wildman–Crippen LogP) is 4.94. The predicted molar refractivity (Wildman–Crippen MR) is 126 cm³/mol. The third-order valence-electron chi connectivity index (χ3n) is 6.07. The second kappa shape index (κ2) is 9.18. The molecule has 0 bridgehead atoms. The molecule has 1 heterocycles. The number of nitro groups is 1. The lowest BCUT2D eigenvalue weighted by molar-refractivity contribution is -0.384. The van der Waals surface area contributed by atoms with Crippen LogP contribution in [0.2, 0.25) is 0 Å². The first kappa shape index (κ1) is 20.9. The molecule has 0 saturated carbocycles. The maximum Gasteiger partial charge on any atom is 0.292 e. The van der Waals surface area contributed by atoms with Gasteiger partial charge in [-0.05, 0) is 37.2 Å². The van der Waals surface area contributed by atoms with Gasteiger partial charge in [0.15, 0.2) is 0 Å². The first-order chi connectivity index (χ1) is 15.0. The molecule has 1 aliphatic heterocycles. The number of piperazine rings is 1. The quantitative estimate of drug-likeness (QED) is 0.456. The van der Waals surface area contributed by atoms with E-state index >= 15 is 0 Å². The molecule has 0 aromatic heterocycles. The van der Waals surface area contributed by atoms with Gasteiger partial charge in [0.2, 0.25) is 0 Å². The third kappa shape index (κ3) is 4.70. The molecule has 6 nitrogen and oxygen atoms in total. The molecular formula is C25H28N4O2. The molecule has 1 saturated heterocycles. The number of rotatable bonds is 6. The van der Waals surface area contributed by atoms with Crippen LogP contribution in [0.25, 0.3) is 0 Å². The van der Waals surface area contributed by atoms with Gasteiger partial charge in [-0.25, -0.2) is 0 Å². The molecule has 1 atom stereocenters. The van der Waals surface area contributed by atoms with Crippen LogP contribution < -0.4 is 10.2 Å². The van der Waals surface area contributed by atoms with Gasteiger partial charge < -0.3 is 15.1 Å². The minimum atomic E-state index is -0.314. The van der Waals surface area contributed by atoms with E-state index in [1.807, 2.05) is 72.8 Å². The highest BCUT2D eigenvalue weighted by molar-refractivity contribution is 5.70. The minimum Gasteiger partial charge on any atom is -0.369 e. The summed E-state index contributed by atoms with van der Waals surface area (Å²) >= 11 is 0. The van der Waals surface area contributed by atoms with Crippen LogP contribution in [0.15, 0.2) is 78.9 Å². The number of nitrogens with zero attached hydrogens (tertiary/aromatic N) is 3. The molecule has 3 aromatic rings. The Bertz CT molecular complexity index is 987. The first-order valence-corrected chi connectivity index (χ1v) is 10.6. The van der Waals surface area contributed by atoms with Crippen LogP contribution in [0, 0.1) is 10.1 Å². The Morgan fingerprint density at radius 3 is 2.13 bits per heavy atom. The third-order valence-corrected chi connectivity index (χ3v) is 6.07. The Hall–Kier alpha value is -3.38. The van der Waals surface area contributed by atoms with E-state index in [-0.39, 0.29) is 16.7 Å². The van der Waals surface area contributed by atoms with E-state index < -0.39 is 0 Å². The van der Waals surface area contributed by atoms with Crippen molar-refractivity contribution in [2.24, 2.45) is 0 Å². The summed E-state index contributed by atoms with van der Waals surface area (Å²) in [4.78, 5) is 16.1. The summed E-state index contributed by atoms with van der Waals surface area (Å²) < 4.78 is 0. The SMILES string of the molecule is C[C@H]1CN(c2ccc([N+](=O)[O-])c(NC(c3ccccc3)c3ccccc3)c2)CCN1C. The van der Waals surface area contributed by atoms with E-state index in [0.29, 0.717) is 11.7 Å². The molecule has 1 N–H and O–H groups in total. The molecule has 3 aromatic carbocycles. The molecular weight excluding hydrogens is 388 g/mol. The van der Waals surface area contributed by atoms with Gasteiger partial charge in [0, 0.05) is 37.4 Å². The molecule has 0 spiro atoms. The maximum atomic E-state index is 11.8. The average Bonchev–Trinajstić information content (AvgIpc) is 2.80. The van der Waals surface area contributed by atoms with E-state index in [1.165, 1.54) is 0 Å². The number of hydrogen-bond donors (Lipinski definition) is 1. The van der Waals surface area contributed by atoms with Crippen molar-refractivity contribution in [3.63, 3.8) is 0 Å². The van der Waals surface area contributed by atoms with Crippen molar-refractivity contribution in [2.75, 3.05) is 36.9 Å². The van der Waals surface area contributed by atoms with Gasteiger partial charge in [0.1, 0.15) is 5.69 Å². The second-order valence-electron chi connectivity index (χ2n) is 8.13. The van der Waals surface area contributed by atoms with Crippen molar-refractivity contribution in [1.29, 1.82) is 0 Å². The Kier molecular flexibility index (Phi) is 6.18. The lowest BCUT2D eigenvalue weighted by atomic mass is 9.98. The van der Waals surface area contributed by atoms with E-state index in [9.17, 15) is 10.1 Å². The summed E-state index contributed by atoms with van der Waals surface area (Å²) in [5, 5.41) is 15.3. The smallest absolute Gasteiger partial charge is 0.292 e. The number of nitro benzene ring substituents is 1. The summed E-state index contributed by atoms with van der Waals surface area (Å²) in [5.41, 5.74) is 3.74. The van der Waals surface area contributed by atoms with E-state index in [4.69, 9.17) is 0 Å². The van der Waals surface area contributed by atoms with Crippen LogP contribution in [0.1, 0.15) is 24.1 Å². The zero-order valence-corrected chi connectivity index (χ0v) is 17.9. The van der Waals surface area contributed by atoms with Crippen molar-refractivity contribution in [2.45, 2.75) is 19.0 Å². The second-order valence-corrected chi connectivity index (χ2v) is 8.13. The van der Waals surface area contributed by atoms with Crippen molar-refractivity contribution < 1.29 is 4.92 Å². The minimum absolute atomic E-state index is 0.0859. The van der Waals surface area contributed by atoms with Gasteiger partial charge in [0.25, 0.3) is 5.69 Å². The van der Waals surface area contributed by atoms with Crippen molar-refractivity contribution in [3.05, 3.63) is 100 Å². The number of hydrogen-bond acceptors (Lipinski definition) is 5. The molecule has 0 aliphatic carbocycles. The monoisotopic (exact) mass is 416 g/mol. The van der Waals surface area contributed by atoms with Gasteiger partial charge in [-0.15, -0.1) is 0 Å². The first-order valence-electron chi connectivity index (χ1n) is 10.6. The highest BCUT2D eigenvalue weighted by Crippen LogP contribution is 2.35. The Morgan fingerprint density at radius 2 is 1.58 bits per heavy atom.